The van der Waals surface area contributed by atoms with Crippen LogP contribution in [0.3, 0.4) is 0 Å². The second-order valence-corrected chi connectivity index (χ2v) is 8.47. The maximum absolute atomic E-state index is 12.1. The van der Waals surface area contributed by atoms with Gasteiger partial charge in [-0.1, -0.05) is 56.4 Å². The number of hydrogen-bond donors (Lipinski definition) is 0. The first-order chi connectivity index (χ1) is 15.4. The molecule has 0 aliphatic rings. The number of ether oxygens (including phenoxy) is 3. The molecule has 0 heterocycles. The van der Waals surface area contributed by atoms with Gasteiger partial charge in [0.05, 0.1) is 13.7 Å². The summed E-state index contributed by atoms with van der Waals surface area (Å²) in [6.07, 6.45) is 14.1. The van der Waals surface area contributed by atoms with E-state index in [9.17, 15) is 4.79 Å². The first-order valence-corrected chi connectivity index (χ1v) is 11.8. The van der Waals surface area contributed by atoms with Crippen molar-refractivity contribution < 1.29 is 19.0 Å². The molecule has 0 spiro atoms. The number of esters is 1. The van der Waals surface area contributed by atoms with Crippen molar-refractivity contribution in [2.45, 2.75) is 73.1 Å². The largest absolute Gasteiger partial charge is 0.493 e. The Morgan fingerprint density at radius 3 is 2.53 bits per heavy atom. The summed E-state index contributed by atoms with van der Waals surface area (Å²) in [5.41, 5.74) is 3.51. The fraction of sp³-hybridized carbons (Fsp3) is 0.536. The molecule has 0 bridgehead atoms. The zero-order chi connectivity index (χ0) is 23.8. The van der Waals surface area contributed by atoms with Crippen LogP contribution in [-0.4, -0.2) is 26.3 Å². The lowest BCUT2D eigenvalue weighted by atomic mass is 10.0. The normalized spacial score (nSPS) is 12.5. The minimum atomic E-state index is -0.312. The van der Waals surface area contributed by atoms with Crippen LogP contribution in [0, 0.1) is 5.92 Å². The summed E-state index contributed by atoms with van der Waals surface area (Å²) in [5.74, 6) is 1.45. The Morgan fingerprint density at radius 1 is 1.09 bits per heavy atom. The molecule has 0 radical (unpaired) electrons. The molecule has 1 unspecified atom stereocenters. The number of carbonyl (C=O) groups is 1. The van der Waals surface area contributed by atoms with Gasteiger partial charge in [0.1, 0.15) is 6.61 Å². The van der Waals surface area contributed by atoms with Crippen LogP contribution in [0.5, 0.6) is 11.5 Å². The summed E-state index contributed by atoms with van der Waals surface area (Å²) in [6.45, 7) is 11.7. The summed E-state index contributed by atoms with van der Waals surface area (Å²) in [4.78, 5) is 12.1. The molecule has 0 aromatic heterocycles. The number of methoxy groups -OCH3 is 1. The van der Waals surface area contributed by atoms with E-state index in [-0.39, 0.29) is 5.97 Å². The minimum absolute atomic E-state index is 0.312. The van der Waals surface area contributed by atoms with Crippen LogP contribution in [0.15, 0.2) is 47.6 Å². The first kappa shape index (κ1) is 27.5. The maximum atomic E-state index is 12.1. The number of benzene rings is 1. The fourth-order valence-electron chi connectivity index (χ4n) is 3.18. The molecule has 0 saturated heterocycles. The van der Waals surface area contributed by atoms with Crippen LogP contribution < -0.4 is 9.47 Å². The molecule has 1 aromatic carbocycles. The van der Waals surface area contributed by atoms with E-state index in [0.29, 0.717) is 30.6 Å². The van der Waals surface area contributed by atoms with Crippen molar-refractivity contribution in [3.8, 4) is 11.5 Å². The van der Waals surface area contributed by atoms with Gasteiger partial charge in [-0.15, -0.1) is 0 Å². The van der Waals surface area contributed by atoms with Crippen LogP contribution in [-0.2, 0) is 9.53 Å². The highest BCUT2D eigenvalue weighted by molar-refractivity contribution is 5.87. The fourth-order valence-corrected chi connectivity index (χ4v) is 3.18. The Morgan fingerprint density at radius 2 is 1.88 bits per heavy atom. The molecule has 0 aliphatic heterocycles. The van der Waals surface area contributed by atoms with Gasteiger partial charge in [0, 0.05) is 6.08 Å². The highest BCUT2D eigenvalue weighted by atomic mass is 16.5. The number of unbranched alkanes of at least 4 members (excludes halogenated alkanes) is 1. The van der Waals surface area contributed by atoms with Gasteiger partial charge in [-0.3, -0.25) is 0 Å². The van der Waals surface area contributed by atoms with Gasteiger partial charge in [0.15, 0.2) is 11.5 Å². The second-order valence-electron chi connectivity index (χ2n) is 8.47. The highest BCUT2D eigenvalue weighted by Crippen LogP contribution is 2.28. The van der Waals surface area contributed by atoms with Crippen molar-refractivity contribution in [3.63, 3.8) is 0 Å². The maximum Gasteiger partial charge on any atom is 0.330 e. The van der Waals surface area contributed by atoms with E-state index in [0.717, 1.165) is 37.7 Å². The average molecular weight is 443 g/mol. The lowest BCUT2D eigenvalue weighted by molar-refractivity contribution is -0.139. The monoisotopic (exact) mass is 442 g/mol. The quantitative estimate of drug-likeness (QED) is 0.160. The Hall–Kier alpha value is -2.49. The zero-order valence-electron chi connectivity index (χ0n) is 20.9. The molecule has 0 N–H and O–H groups in total. The SMILES string of the molecule is CCCCC(CC)COC(=O)/C=C/c1ccc(OC/C=C(/C)CCC=C(C)C)c(OC)c1. The summed E-state index contributed by atoms with van der Waals surface area (Å²) in [6, 6.07) is 5.64. The number of carbonyl (C=O) groups excluding carboxylic acids is 1. The molecule has 0 amide bonds. The molecule has 0 saturated carbocycles. The summed E-state index contributed by atoms with van der Waals surface area (Å²) in [5, 5.41) is 0. The van der Waals surface area contributed by atoms with Gasteiger partial charge < -0.3 is 14.2 Å². The topological polar surface area (TPSA) is 44.8 Å². The van der Waals surface area contributed by atoms with Crippen molar-refractivity contribution in [3.05, 3.63) is 53.1 Å². The van der Waals surface area contributed by atoms with Gasteiger partial charge in [0.25, 0.3) is 0 Å². The zero-order valence-corrected chi connectivity index (χ0v) is 20.9. The Kier molecular flexibility index (Phi) is 13.9. The molecule has 32 heavy (non-hydrogen) atoms. The van der Waals surface area contributed by atoms with Crippen molar-refractivity contribution in [2.75, 3.05) is 20.3 Å². The van der Waals surface area contributed by atoms with Gasteiger partial charge in [-0.05, 0) is 75.8 Å². The van der Waals surface area contributed by atoms with E-state index < -0.39 is 0 Å². The molecule has 1 aromatic rings. The predicted molar refractivity (Wildman–Crippen MR) is 134 cm³/mol. The van der Waals surface area contributed by atoms with Gasteiger partial charge >= 0.3 is 5.97 Å². The highest BCUT2D eigenvalue weighted by Gasteiger charge is 2.09. The molecule has 178 valence electrons. The summed E-state index contributed by atoms with van der Waals surface area (Å²) < 4.78 is 16.8. The third-order valence-corrected chi connectivity index (χ3v) is 5.37. The minimum Gasteiger partial charge on any atom is -0.493 e. The summed E-state index contributed by atoms with van der Waals surface area (Å²) >= 11 is 0. The molecule has 1 rings (SSSR count). The number of allylic oxidation sites excluding steroid dienone is 3. The Balaban J connectivity index is 2.59. The third kappa shape index (κ3) is 11.8. The lowest BCUT2D eigenvalue weighted by Gasteiger charge is -2.13. The van der Waals surface area contributed by atoms with Crippen LogP contribution in [0.2, 0.25) is 0 Å². The van der Waals surface area contributed by atoms with Crippen LogP contribution in [0.1, 0.15) is 78.7 Å². The van der Waals surface area contributed by atoms with E-state index in [2.05, 4.69) is 46.8 Å². The van der Waals surface area contributed by atoms with Crippen molar-refractivity contribution in [2.24, 2.45) is 5.92 Å². The van der Waals surface area contributed by atoms with Gasteiger partial charge in [-0.2, -0.15) is 0 Å². The third-order valence-electron chi connectivity index (χ3n) is 5.37. The number of hydrogen-bond acceptors (Lipinski definition) is 4. The average Bonchev–Trinajstić information content (AvgIpc) is 2.78. The van der Waals surface area contributed by atoms with Gasteiger partial charge in [0.2, 0.25) is 0 Å². The molecule has 4 nitrogen and oxygen atoms in total. The molecule has 0 aliphatic carbocycles. The summed E-state index contributed by atoms with van der Waals surface area (Å²) in [7, 11) is 1.62. The Labute approximate surface area is 195 Å². The smallest absolute Gasteiger partial charge is 0.330 e. The van der Waals surface area contributed by atoms with Crippen LogP contribution in [0.4, 0.5) is 0 Å². The second kappa shape index (κ2) is 16.2. The van der Waals surface area contributed by atoms with Gasteiger partial charge in [-0.25, -0.2) is 4.79 Å². The Bertz CT molecular complexity index is 770. The van der Waals surface area contributed by atoms with E-state index in [4.69, 9.17) is 14.2 Å². The van der Waals surface area contributed by atoms with E-state index in [1.807, 2.05) is 18.2 Å². The van der Waals surface area contributed by atoms with Crippen molar-refractivity contribution in [1.29, 1.82) is 0 Å². The van der Waals surface area contributed by atoms with Crippen molar-refractivity contribution in [1.82, 2.24) is 0 Å². The first-order valence-electron chi connectivity index (χ1n) is 11.8. The van der Waals surface area contributed by atoms with E-state index >= 15 is 0 Å². The number of rotatable bonds is 15. The molecular formula is C28H42O4. The van der Waals surface area contributed by atoms with E-state index in [1.54, 1.807) is 13.2 Å². The predicted octanol–water partition coefficient (Wildman–Crippen LogP) is 7.54. The van der Waals surface area contributed by atoms with E-state index in [1.165, 1.54) is 23.6 Å². The molecule has 0 fully saturated rings. The molecule has 1 atom stereocenters. The van der Waals surface area contributed by atoms with Crippen molar-refractivity contribution >= 4 is 12.0 Å². The standard InChI is InChI=1S/C28H42O4/c1-7-9-13-24(8-2)21-32-28(29)17-15-25-14-16-26(27(20-25)30-6)31-19-18-23(5)12-10-11-22(3)4/h11,14-18,20,24H,7-10,12-13,19,21H2,1-6H3/b17-15+,23-18-. The molecular weight excluding hydrogens is 400 g/mol. The molecule has 4 heteroatoms. The van der Waals surface area contributed by atoms with Crippen LogP contribution >= 0.6 is 0 Å². The lowest BCUT2D eigenvalue weighted by Crippen LogP contribution is -2.12. The van der Waals surface area contributed by atoms with Crippen LogP contribution in [0.25, 0.3) is 6.08 Å².